The zero-order valence-electron chi connectivity index (χ0n) is 18.2. The first-order valence-corrected chi connectivity index (χ1v) is 10.4. The fourth-order valence-corrected chi connectivity index (χ4v) is 3.96. The maximum Gasteiger partial charge on any atom is 0.227 e. The highest BCUT2D eigenvalue weighted by Gasteiger charge is 2.39. The van der Waals surface area contributed by atoms with Gasteiger partial charge in [-0.05, 0) is 55.2 Å². The second kappa shape index (κ2) is 9.81. The summed E-state index contributed by atoms with van der Waals surface area (Å²) in [5.41, 5.74) is 0.846. The Morgan fingerprint density at radius 1 is 1.10 bits per heavy atom. The zero-order valence-corrected chi connectivity index (χ0v) is 18.2. The average Bonchev–Trinajstić information content (AvgIpc) is 2.77. The van der Waals surface area contributed by atoms with Crippen LogP contribution in [0.2, 0.25) is 0 Å². The van der Waals surface area contributed by atoms with Crippen molar-refractivity contribution in [1.29, 1.82) is 0 Å². The van der Waals surface area contributed by atoms with Crippen LogP contribution in [0.4, 0.5) is 4.39 Å². The first-order chi connectivity index (χ1) is 14.8. The third-order valence-electron chi connectivity index (χ3n) is 5.74. The minimum absolute atomic E-state index is 0.0314. The maximum atomic E-state index is 13.4. The highest BCUT2D eigenvalue weighted by Crippen LogP contribution is 2.31. The van der Waals surface area contributed by atoms with Gasteiger partial charge in [0.05, 0.1) is 26.1 Å². The standard InChI is InChI=1S/C24H29FN2O4/c1-24(23(29)26-15-18-6-4-7-19(25)12-18)10-5-11-27(16-24)22(28)14-17-8-9-20(30-2)21(13-17)31-3/h4,6-9,12-13H,5,10-11,14-16H2,1-3H3,(H,26,29)/t24-/m1/s1. The summed E-state index contributed by atoms with van der Waals surface area (Å²) in [7, 11) is 3.12. The maximum absolute atomic E-state index is 13.4. The Hall–Kier alpha value is -3.09. The molecule has 0 aliphatic carbocycles. The summed E-state index contributed by atoms with van der Waals surface area (Å²) in [5, 5.41) is 2.90. The minimum Gasteiger partial charge on any atom is -0.493 e. The Morgan fingerprint density at radius 2 is 1.87 bits per heavy atom. The van der Waals surface area contributed by atoms with Crippen LogP contribution < -0.4 is 14.8 Å². The summed E-state index contributed by atoms with van der Waals surface area (Å²) < 4.78 is 23.9. The van der Waals surface area contributed by atoms with E-state index in [2.05, 4.69) is 5.32 Å². The van der Waals surface area contributed by atoms with Gasteiger partial charge in [-0.2, -0.15) is 0 Å². The Morgan fingerprint density at radius 3 is 2.58 bits per heavy atom. The van der Waals surface area contributed by atoms with E-state index in [1.54, 1.807) is 43.4 Å². The molecule has 0 spiro atoms. The first kappa shape index (κ1) is 22.6. The van der Waals surface area contributed by atoms with Gasteiger partial charge in [0.15, 0.2) is 11.5 Å². The molecular formula is C24H29FN2O4. The Kier molecular flexibility index (Phi) is 7.15. The van der Waals surface area contributed by atoms with Gasteiger partial charge in [0.1, 0.15) is 5.82 Å². The number of amides is 2. The highest BCUT2D eigenvalue weighted by atomic mass is 19.1. The van der Waals surface area contributed by atoms with Crippen LogP contribution in [0.3, 0.4) is 0 Å². The van der Waals surface area contributed by atoms with E-state index in [9.17, 15) is 14.0 Å². The predicted molar refractivity (Wildman–Crippen MR) is 115 cm³/mol. The monoisotopic (exact) mass is 428 g/mol. The van der Waals surface area contributed by atoms with Crippen molar-refractivity contribution < 1.29 is 23.5 Å². The van der Waals surface area contributed by atoms with Crippen molar-refractivity contribution in [1.82, 2.24) is 10.2 Å². The molecule has 1 aliphatic rings. The van der Waals surface area contributed by atoms with E-state index in [0.29, 0.717) is 36.6 Å². The molecule has 166 valence electrons. The van der Waals surface area contributed by atoms with E-state index in [0.717, 1.165) is 12.0 Å². The molecular weight excluding hydrogens is 399 g/mol. The molecule has 2 amide bonds. The number of hydrogen-bond acceptors (Lipinski definition) is 4. The number of rotatable bonds is 7. The largest absolute Gasteiger partial charge is 0.493 e. The van der Waals surface area contributed by atoms with E-state index in [1.165, 1.54) is 12.1 Å². The normalized spacial score (nSPS) is 18.4. The number of carbonyl (C=O) groups excluding carboxylic acids is 2. The van der Waals surface area contributed by atoms with Gasteiger partial charge in [-0.25, -0.2) is 4.39 Å². The average molecular weight is 429 g/mol. The van der Waals surface area contributed by atoms with Crippen LogP contribution in [0.1, 0.15) is 30.9 Å². The van der Waals surface area contributed by atoms with Crippen LogP contribution in [0, 0.1) is 11.2 Å². The molecule has 2 aromatic rings. The van der Waals surface area contributed by atoms with Crippen LogP contribution in [0.15, 0.2) is 42.5 Å². The number of methoxy groups -OCH3 is 2. The van der Waals surface area contributed by atoms with Crippen LogP contribution in [0.25, 0.3) is 0 Å². The second-order valence-electron chi connectivity index (χ2n) is 8.16. The summed E-state index contributed by atoms with van der Waals surface area (Å²) in [6.07, 6.45) is 1.67. The summed E-state index contributed by atoms with van der Waals surface area (Å²) in [6.45, 7) is 3.11. The Bertz CT molecular complexity index is 949. The lowest BCUT2D eigenvalue weighted by atomic mass is 9.80. The Balaban J connectivity index is 1.61. The quantitative estimate of drug-likeness (QED) is 0.735. The predicted octanol–water partition coefficient (Wildman–Crippen LogP) is 3.33. The summed E-state index contributed by atoms with van der Waals surface area (Å²) >= 11 is 0. The van der Waals surface area contributed by atoms with E-state index in [-0.39, 0.29) is 30.6 Å². The smallest absolute Gasteiger partial charge is 0.227 e. The molecule has 1 saturated heterocycles. The number of likely N-dealkylation sites (tertiary alicyclic amines) is 1. The van der Waals surface area contributed by atoms with Gasteiger partial charge < -0.3 is 19.7 Å². The molecule has 0 bridgehead atoms. The fraction of sp³-hybridized carbons (Fsp3) is 0.417. The lowest BCUT2D eigenvalue weighted by molar-refractivity contribution is -0.140. The van der Waals surface area contributed by atoms with Gasteiger partial charge in [0, 0.05) is 19.6 Å². The molecule has 0 aromatic heterocycles. The van der Waals surface area contributed by atoms with Gasteiger partial charge in [-0.3, -0.25) is 9.59 Å². The number of hydrogen-bond donors (Lipinski definition) is 1. The summed E-state index contributed by atoms with van der Waals surface area (Å²) in [5.74, 6) is 0.700. The van der Waals surface area contributed by atoms with Gasteiger partial charge >= 0.3 is 0 Å². The fourth-order valence-electron chi connectivity index (χ4n) is 3.96. The van der Waals surface area contributed by atoms with Crippen molar-refractivity contribution in [3.8, 4) is 11.5 Å². The molecule has 31 heavy (non-hydrogen) atoms. The molecule has 1 atom stereocenters. The Labute approximate surface area is 182 Å². The third kappa shape index (κ3) is 5.54. The molecule has 0 unspecified atom stereocenters. The van der Waals surface area contributed by atoms with Crippen LogP contribution in [0.5, 0.6) is 11.5 Å². The van der Waals surface area contributed by atoms with Crippen molar-refractivity contribution in [2.45, 2.75) is 32.7 Å². The van der Waals surface area contributed by atoms with Crippen LogP contribution >= 0.6 is 0 Å². The number of nitrogens with zero attached hydrogens (tertiary/aromatic N) is 1. The topological polar surface area (TPSA) is 67.9 Å². The zero-order chi connectivity index (χ0) is 22.4. The number of ether oxygens (including phenoxy) is 2. The van der Waals surface area contributed by atoms with Gasteiger partial charge in [-0.1, -0.05) is 18.2 Å². The molecule has 7 heteroatoms. The molecule has 1 aliphatic heterocycles. The van der Waals surface area contributed by atoms with Crippen LogP contribution in [-0.4, -0.2) is 44.0 Å². The number of carbonyl (C=O) groups is 2. The van der Waals surface area contributed by atoms with Crippen molar-refractivity contribution in [2.24, 2.45) is 5.41 Å². The lowest BCUT2D eigenvalue weighted by Gasteiger charge is -2.39. The molecule has 3 rings (SSSR count). The van der Waals surface area contributed by atoms with Gasteiger partial charge in [0.25, 0.3) is 0 Å². The number of piperidine rings is 1. The van der Waals surface area contributed by atoms with Crippen molar-refractivity contribution in [3.63, 3.8) is 0 Å². The number of benzene rings is 2. The molecule has 1 N–H and O–H groups in total. The minimum atomic E-state index is -0.682. The molecule has 0 saturated carbocycles. The lowest BCUT2D eigenvalue weighted by Crippen LogP contribution is -2.52. The van der Waals surface area contributed by atoms with Crippen molar-refractivity contribution in [2.75, 3.05) is 27.3 Å². The van der Waals surface area contributed by atoms with E-state index in [1.807, 2.05) is 13.0 Å². The molecule has 6 nitrogen and oxygen atoms in total. The number of nitrogens with one attached hydrogen (secondary N) is 1. The number of halogens is 1. The van der Waals surface area contributed by atoms with Gasteiger partial charge in [0.2, 0.25) is 11.8 Å². The highest BCUT2D eigenvalue weighted by molar-refractivity contribution is 5.85. The third-order valence-corrected chi connectivity index (χ3v) is 5.74. The molecule has 1 fully saturated rings. The molecule has 2 aromatic carbocycles. The van der Waals surface area contributed by atoms with E-state index < -0.39 is 5.41 Å². The summed E-state index contributed by atoms with van der Waals surface area (Å²) in [4.78, 5) is 27.6. The molecule has 0 radical (unpaired) electrons. The van der Waals surface area contributed by atoms with Crippen molar-refractivity contribution in [3.05, 3.63) is 59.4 Å². The first-order valence-electron chi connectivity index (χ1n) is 10.4. The van der Waals surface area contributed by atoms with E-state index >= 15 is 0 Å². The molecule has 1 heterocycles. The van der Waals surface area contributed by atoms with Crippen molar-refractivity contribution >= 4 is 11.8 Å². The summed E-state index contributed by atoms with van der Waals surface area (Å²) in [6, 6.07) is 11.6. The van der Waals surface area contributed by atoms with Gasteiger partial charge in [-0.15, -0.1) is 0 Å². The van der Waals surface area contributed by atoms with E-state index in [4.69, 9.17) is 9.47 Å². The second-order valence-corrected chi connectivity index (χ2v) is 8.16. The van der Waals surface area contributed by atoms with Crippen LogP contribution in [-0.2, 0) is 22.6 Å². The SMILES string of the molecule is COc1ccc(CC(=O)N2CCC[C@@](C)(C(=O)NCc3cccc(F)c3)C2)cc1OC.